The summed E-state index contributed by atoms with van der Waals surface area (Å²) >= 11 is 0. The second-order valence-electron chi connectivity index (χ2n) is 5.48. The largest absolute Gasteiger partial charge is 0.493 e. The highest BCUT2D eigenvalue weighted by Gasteiger charge is 2.21. The van der Waals surface area contributed by atoms with E-state index in [9.17, 15) is 18.4 Å². The highest BCUT2D eigenvalue weighted by molar-refractivity contribution is 5.93. The molecule has 0 radical (unpaired) electrons. The number of carbonyl (C=O) groups is 2. The molecule has 0 fully saturated rings. The van der Waals surface area contributed by atoms with E-state index in [1.807, 2.05) is 0 Å². The van der Waals surface area contributed by atoms with Gasteiger partial charge in [0.25, 0.3) is 0 Å². The molecule has 0 aliphatic rings. The zero-order chi connectivity index (χ0) is 20.1. The molecule has 2 aromatic rings. The highest BCUT2D eigenvalue weighted by atomic mass is 19.1. The van der Waals surface area contributed by atoms with Crippen LogP contribution in [0.4, 0.5) is 8.78 Å². The van der Waals surface area contributed by atoms with Gasteiger partial charge in [0.15, 0.2) is 23.1 Å². The summed E-state index contributed by atoms with van der Waals surface area (Å²) in [7, 11) is 4.78. The molecule has 0 aliphatic heterocycles. The molecule has 0 amide bonds. The van der Waals surface area contributed by atoms with Crippen LogP contribution in [0.1, 0.15) is 31.8 Å². The third-order valence-corrected chi connectivity index (χ3v) is 3.83. The minimum atomic E-state index is -0.774. The highest BCUT2D eigenvalue weighted by Crippen LogP contribution is 2.29. The Morgan fingerprint density at radius 1 is 0.741 bits per heavy atom. The van der Waals surface area contributed by atoms with Crippen molar-refractivity contribution < 1.29 is 37.3 Å². The molecule has 0 saturated heterocycles. The smallest absolute Gasteiger partial charge is 0.341 e. The summed E-state index contributed by atoms with van der Waals surface area (Å²) in [5.74, 6) is -3.58. The van der Waals surface area contributed by atoms with Crippen molar-refractivity contribution >= 4 is 11.9 Å². The molecule has 27 heavy (non-hydrogen) atoms. The first-order valence-electron chi connectivity index (χ1n) is 7.75. The topological polar surface area (TPSA) is 71.1 Å². The van der Waals surface area contributed by atoms with Crippen LogP contribution in [0.5, 0.6) is 11.5 Å². The number of carbonyl (C=O) groups excluding carboxylic acids is 2. The number of hydrogen-bond donors (Lipinski definition) is 0. The fourth-order valence-electron chi connectivity index (χ4n) is 2.68. The molecule has 0 aromatic heterocycles. The van der Waals surface area contributed by atoms with Crippen molar-refractivity contribution in [2.24, 2.45) is 0 Å². The Bertz CT molecular complexity index is 807. The van der Waals surface area contributed by atoms with Crippen LogP contribution < -0.4 is 9.47 Å². The predicted molar refractivity (Wildman–Crippen MR) is 91.4 cm³/mol. The molecule has 8 heteroatoms. The molecule has 0 N–H and O–H groups in total. The molecule has 0 spiro atoms. The van der Waals surface area contributed by atoms with Crippen molar-refractivity contribution in [3.8, 4) is 11.5 Å². The fourth-order valence-corrected chi connectivity index (χ4v) is 2.68. The standard InChI is InChI=1S/C19H18F2O6/c1-24-16-12(18(22)26-3)6-10(8-14(16)20)5-11-7-13(19(23)27-4)17(25-2)15(21)9-11/h6-9H,5H2,1-4H3. The SMILES string of the molecule is COC(=O)c1cc(Cc2cc(F)c(OC)c(C(=O)OC)c2)cc(F)c1OC. The number of ether oxygens (including phenoxy) is 4. The molecule has 0 saturated carbocycles. The van der Waals surface area contributed by atoms with E-state index in [1.165, 1.54) is 26.4 Å². The number of rotatable bonds is 6. The monoisotopic (exact) mass is 380 g/mol. The number of esters is 2. The zero-order valence-electron chi connectivity index (χ0n) is 15.2. The summed E-state index contributed by atoms with van der Waals surface area (Å²) < 4.78 is 47.6. The average molecular weight is 380 g/mol. The fraction of sp³-hybridized carbons (Fsp3) is 0.263. The van der Waals surface area contributed by atoms with E-state index in [4.69, 9.17) is 9.47 Å². The lowest BCUT2D eigenvalue weighted by Gasteiger charge is -2.13. The Kier molecular flexibility index (Phi) is 6.33. The molecule has 2 rings (SSSR count). The van der Waals surface area contributed by atoms with Gasteiger partial charge in [-0.15, -0.1) is 0 Å². The van der Waals surface area contributed by atoms with Gasteiger partial charge < -0.3 is 18.9 Å². The molecule has 0 bridgehead atoms. The number of hydrogen-bond acceptors (Lipinski definition) is 6. The second kappa shape index (κ2) is 8.48. The summed E-state index contributed by atoms with van der Waals surface area (Å²) in [6.07, 6.45) is 0.0375. The van der Waals surface area contributed by atoms with E-state index in [1.54, 1.807) is 0 Å². The molecular formula is C19H18F2O6. The van der Waals surface area contributed by atoms with Gasteiger partial charge in [0.2, 0.25) is 0 Å². The quantitative estimate of drug-likeness (QED) is 0.717. The zero-order valence-corrected chi connectivity index (χ0v) is 15.2. The summed E-state index contributed by atoms with van der Waals surface area (Å²) in [4.78, 5) is 23.7. The van der Waals surface area contributed by atoms with Crippen molar-refractivity contribution in [3.05, 3.63) is 58.2 Å². The second-order valence-corrected chi connectivity index (χ2v) is 5.48. The average Bonchev–Trinajstić information content (AvgIpc) is 2.65. The van der Waals surface area contributed by atoms with Gasteiger partial charge in [0, 0.05) is 0 Å². The van der Waals surface area contributed by atoms with Gasteiger partial charge in [-0.1, -0.05) is 0 Å². The first-order valence-corrected chi connectivity index (χ1v) is 7.75. The van der Waals surface area contributed by atoms with Gasteiger partial charge in [-0.05, 0) is 41.8 Å². The minimum Gasteiger partial charge on any atom is -0.493 e. The van der Waals surface area contributed by atoms with Crippen molar-refractivity contribution in [1.29, 1.82) is 0 Å². The molecule has 0 unspecified atom stereocenters. The van der Waals surface area contributed by atoms with Crippen molar-refractivity contribution in [2.45, 2.75) is 6.42 Å². The van der Waals surface area contributed by atoms with E-state index in [-0.39, 0.29) is 29.0 Å². The molecule has 144 valence electrons. The molecule has 0 heterocycles. The number of methoxy groups -OCH3 is 4. The number of benzene rings is 2. The minimum absolute atomic E-state index is 0.0375. The lowest BCUT2D eigenvalue weighted by atomic mass is 9.99. The van der Waals surface area contributed by atoms with E-state index in [0.29, 0.717) is 11.1 Å². The van der Waals surface area contributed by atoms with Crippen LogP contribution in [0.3, 0.4) is 0 Å². The van der Waals surface area contributed by atoms with E-state index in [2.05, 4.69) is 9.47 Å². The maximum atomic E-state index is 14.3. The van der Waals surface area contributed by atoms with Crippen molar-refractivity contribution in [2.75, 3.05) is 28.4 Å². The third-order valence-electron chi connectivity index (χ3n) is 3.83. The number of halogens is 2. The van der Waals surface area contributed by atoms with Crippen molar-refractivity contribution in [3.63, 3.8) is 0 Å². The van der Waals surface area contributed by atoms with Crippen LogP contribution in [0.15, 0.2) is 24.3 Å². The van der Waals surface area contributed by atoms with E-state index >= 15 is 0 Å². The normalized spacial score (nSPS) is 10.3. The lowest BCUT2D eigenvalue weighted by molar-refractivity contribution is 0.0587. The molecule has 0 aliphatic carbocycles. The molecular weight excluding hydrogens is 362 g/mol. The van der Waals surface area contributed by atoms with Gasteiger partial charge in [-0.2, -0.15) is 0 Å². The van der Waals surface area contributed by atoms with Crippen LogP contribution in [0, 0.1) is 11.6 Å². The summed E-state index contributed by atoms with van der Waals surface area (Å²) in [5.41, 5.74) is 0.512. The van der Waals surface area contributed by atoms with Crippen LogP contribution >= 0.6 is 0 Å². The Morgan fingerprint density at radius 3 is 1.41 bits per heavy atom. The van der Waals surface area contributed by atoms with Crippen LogP contribution in [0.25, 0.3) is 0 Å². The van der Waals surface area contributed by atoms with Crippen LogP contribution in [-0.2, 0) is 15.9 Å². The molecule has 2 aromatic carbocycles. The predicted octanol–water partition coefficient (Wildman–Crippen LogP) is 3.15. The summed E-state index contributed by atoms with van der Waals surface area (Å²) in [6, 6.07) is 5.08. The van der Waals surface area contributed by atoms with Gasteiger partial charge in [-0.25, -0.2) is 18.4 Å². The molecule has 6 nitrogen and oxygen atoms in total. The van der Waals surface area contributed by atoms with E-state index < -0.39 is 23.6 Å². The Morgan fingerprint density at radius 2 is 1.11 bits per heavy atom. The third kappa shape index (κ3) is 4.16. The maximum absolute atomic E-state index is 14.3. The van der Waals surface area contributed by atoms with Gasteiger partial charge in [0.1, 0.15) is 11.1 Å². The van der Waals surface area contributed by atoms with Gasteiger partial charge in [0.05, 0.1) is 28.4 Å². The van der Waals surface area contributed by atoms with Gasteiger partial charge >= 0.3 is 11.9 Å². The van der Waals surface area contributed by atoms with E-state index in [0.717, 1.165) is 26.4 Å². The first-order chi connectivity index (χ1) is 12.9. The van der Waals surface area contributed by atoms with Crippen LogP contribution in [-0.4, -0.2) is 40.4 Å². The van der Waals surface area contributed by atoms with Crippen molar-refractivity contribution in [1.82, 2.24) is 0 Å². The first kappa shape index (κ1) is 20.2. The Labute approximate surface area is 154 Å². The summed E-state index contributed by atoms with van der Waals surface area (Å²) in [6.45, 7) is 0. The van der Waals surface area contributed by atoms with Gasteiger partial charge in [-0.3, -0.25) is 0 Å². The van der Waals surface area contributed by atoms with Crippen LogP contribution in [0.2, 0.25) is 0 Å². The lowest BCUT2D eigenvalue weighted by Crippen LogP contribution is -2.09. The Balaban J connectivity index is 2.51. The maximum Gasteiger partial charge on any atom is 0.341 e. The summed E-state index contributed by atoms with van der Waals surface area (Å²) in [5, 5.41) is 0. The molecule has 0 atom stereocenters. The Hall–Kier alpha value is -3.16.